The minimum Gasteiger partial charge on any atom is -0.451 e. The predicted molar refractivity (Wildman–Crippen MR) is 161 cm³/mol. The van der Waals surface area contributed by atoms with Crippen molar-refractivity contribution >= 4 is 23.4 Å². The Kier molecular flexibility index (Phi) is 7.45. The third-order valence-corrected chi connectivity index (χ3v) is 9.74. The van der Waals surface area contributed by atoms with E-state index in [-0.39, 0.29) is 41.9 Å². The van der Waals surface area contributed by atoms with Gasteiger partial charge in [-0.1, -0.05) is 30.3 Å². The van der Waals surface area contributed by atoms with Gasteiger partial charge in [-0.2, -0.15) is 0 Å². The molecule has 7 rings (SSSR count). The zero-order valence-corrected chi connectivity index (χ0v) is 25.7. The molecule has 4 heterocycles. The summed E-state index contributed by atoms with van der Waals surface area (Å²) in [6.45, 7) is -0.0349. The number of piperidine rings is 1. The lowest BCUT2D eigenvalue weighted by atomic mass is 9.86. The first kappa shape index (κ1) is 30.7. The van der Waals surface area contributed by atoms with E-state index >= 15 is 4.39 Å². The van der Waals surface area contributed by atoms with Gasteiger partial charge in [0.2, 0.25) is 23.9 Å². The van der Waals surface area contributed by atoms with Crippen molar-refractivity contribution in [2.24, 2.45) is 5.92 Å². The number of amides is 1. The number of benzene rings is 2. The molecule has 3 aliphatic rings. The Morgan fingerprint density at radius 1 is 1.11 bits per heavy atom. The molecule has 4 aromatic rings. The van der Waals surface area contributed by atoms with Crippen molar-refractivity contribution < 1.29 is 41.4 Å². The molecule has 1 aliphatic carbocycles. The number of fused-ring (bicyclic) bond motifs is 7. The molecule has 0 radical (unpaired) electrons. The molecule has 0 saturated carbocycles. The minimum atomic E-state index is -3.09. The molecule has 1 fully saturated rings. The lowest BCUT2D eigenvalue weighted by Gasteiger charge is -2.53. The third-order valence-electron chi connectivity index (χ3n) is 8.88. The van der Waals surface area contributed by atoms with E-state index in [1.165, 1.54) is 38.7 Å². The van der Waals surface area contributed by atoms with Crippen molar-refractivity contribution in [3.8, 4) is 27.4 Å². The number of nitrogens with zero attached hydrogens (tertiary/aromatic N) is 4. The molecule has 15 heteroatoms. The van der Waals surface area contributed by atoms with Crippen LogP contribution < -0.4 is 15.2 Å². The van der Waals surface area contributed by atoms with Crippen LogP contribution >= 0.6 is 11.3 Å². The number of thiazole rings is 1. The van der Waals surface area contributed by atoms with Gasteiger partial charge in [0.05, 0.1) is 29.2 Å². The molecule has 1 saturated heterocycles. The molecule has 0 N–H and O–H groups in total. The zero-order valence-electron chi connectivity index (χ0n) is 24.9. The second-order valence-corrected chi connectivity index (χ2v) is 12.3. The summed E-state index contributed by atoms with van der Waals surface area (Å²) >= 11 is 1.24. The van der Waals surface area contributed by atoms with E-state index in [0.717, 1.165) is 26.2 Å². The highest BCUT2D eigenvalue weighted by atomic mass is 32.1. The van der Waals surface area contributed by atoms with Crippen LogP contribution in [0.25, 0.3) is 21.7 Å². The highest BCUT2D eigenvalue weighted by Gasteiger charge is 2.51. The summed E-state index contributed by atoms with van der Waals surface area (Å²) in [6.07, 6.45) is -1.01. The Morgan fingerprint density at radius 3 is 2.66 bits per heavy atom. The van der Waals surface area contributed by atoms with Crippen LogP contribution in [0.2, 0.25) is 0 Å². The van der Waals surface area contributed by atoms with Crippen LogP contribution in [0.4, 0.5) is 22.4 Å². The number of ether oxygens (including phenoxy) is 3. The van der Waals surface area contributed by atoms with Crippen LogP contribution in [0.15, 0.2) is 59.0 Å². The van der Waals surface area contributed by atoms with Crippen LogP contribution in [0.1, 0.15) is 47.4 Å². The van der Waals surface area contributed by atoms with Gasteiger partial charge in [-0.25, -0.2) is 27.3 Å². The van der Waals surface area contributed by atoms with Gasteiger partial charge < -0.3 is 19.1 Å². The van der Waals surface area contributed by atoms with Crippen molar-refractivity contribution in [1.29, 1.82) is 0 Å². The molecule has 2 aromatic heterocycles. The van der Waals surface area contributed by atoms with Crippen LogP contribution in [0.5, 0.6) is 5.75 Å². The van der Waals surface area contributed by atoms with Crippen LogP contribution in [-0.2, 0) is 9.47 Å². The number of aromatic nitrogens is 2. The number of methoxy groups -OCH3 is 1. The van der Waals surface area contributed by atoms with Gasteiger partial charge >= 0.3 is 6.16 Å². The number of rotatable bonds is 5. The first-order valence-electron chi connectivity index (χ1n) is 14.6. The fraction of sp³-hybridized carbons (Fsp3) is 0.312. The molecule has 244 valence electrons. The molecule has 3 unspecified atom stereocenters. The second-order valence-electron chi connectivity index (χ2n) is 11.4. The Bertz CT molecular complexity index is 1980. The van der Waals surface area contributed by atoms with Gasteiger partial charge in [0.15, 0.2) is 17.3 Å². The maximum Gasteiger partial charge on any atom is 0.510 e. The third kappa shape index (κ3) is 4.91. The van der Waals surface area contributed by atoms with Crippen LogP contribution in [0, 0.1) is 17.6 Å². The quantitative estimate of drug-likeness (QED) is 0.147. The van der Waals surface area contributed by atoms with E-state index in [9.17, 15) is 27.6 Å². The summed E-state index contributed by atoms with van der Waals surface area (Å²) in [6, 6.07) is 9.66. The number of alkyl halides is 2. The van der Waals surface area contributed by atoms with Crippen molar-refractivity contribution in [1.82, 2.24) is 14.6 Å². The number of hydrogen-bond acceptors (Lipinski definition) is 9. The summed E-state index contributed by atoms with van der Waals surface area (Å²) in [5.41, 5.74) is 2.18. The summed E-state index contributed by atoms with van der Waals surface area (Å²) < 4.78 is 76.8. The van der Waals surface area contributed by atoms with E-state index in [1.807, 2.05) is 0 Å². The Morgan fingerprint density at radius 2 is 1.89 bits per heavy atom. The molecule has 10 nitrogen and oxygen atoms in total. The smallest absolute Gasteiger partial charge is 0.451 e. The molecule has 47 heavy (non-hydrogen) atoms. The van der Waals surface area contributed by atoms with Crippen molar-refractivity contribution in [3.05, 3.63) is 92.9 Å². The molecule has 1 amide bonds. The van der Waals surface area contributed by atoms with Gasteiger partial charge in [-0.3, -0.25) is 19.3 Å². The molecule has 2 aromatic carbocycles. The Labute approximate surface area is 268 Å². The highest BCUT2D eigenvalue weighted by Crippen LogP contribution is 2.51. The molecular formula is C32H26F4N4O6S. The standard InChI is InChI=1S/C32H26F4N4O6S/c1-32(35,36)16-9-11-38-22(13-16)40(39-12-10-21(41)28(27(39)30(38)42)45-15-46-31(43)44-2)26-17-5-3-4-6-18(17)29-25(37-14-47-29)23-19(26)7-8-20(33)24(23)34/h3-8,10,12,14,16,22,26H,9,11,13,15H2,1-2H3. The summed E-state index contributed by atoms with van der Waals surface area (Å²) in [7, 11) is 1.08. The van der Waals surface area contributed by atoms with Crippen LogP contribution in [-0.4, -0.2) is 59.2 Å². The number of hydrogen-bond donors (Lipinski definition) is 0. The van der Waals surface area contributed by atoms with Gasteiger partial charge in [-0.05, 0) is 42.5 Å². The molecule has 0 bridgehead atoms. The van der Waals surface area contributed by atoms with E-state index in [1.54, 1.807) is 29.3 Å². The SMILES string of the molecule is COC(=O)OCOc1c2n(ccc1=O)N(C1c3ccccc3-c3scnc3-c3c1ccc(F)c3F)C1CC(C(C)(F)F)CCN1C2=O. The predicted octanol–water partition coefficient (Wildman–Crippen LogP) is 5.92. The summed E-state index contributed by atoms with van der Waals surface area (Å²) in [4.78, 5) is 45.3. The van der Waals surface area contributed by atoms with Crippen LogP contribution in [0.3, 0.4) is 0 Å². The highest BCUT2D eigenvalue weighted by molar-refractivity contribution is 7.13. The minimum absolute atomic E-state index is 0.0306. The van der Waals surface area contributed by atoms with Crippen molar-refractivity contribution in [2.75, 3.05) is 25.5 Å². The van der Waals surface area contributed by atoms with Gasteiger partial charge in [-0.15, -0.1) is 11.3 Å². The van der Waals surface area contributed by atoms with Gasteiger partial charge in [0, 0.05) is 30.3 Å². The normalized spacial score (nSPS) is 19.9. The molecule has 0 spiro atoms. The number of carbonyl (C=O) groups is 2. The van der Waals surface area contributed by atoms with E-state index < -0.39 is 65.7 Å². The summed E-state index contributed by atoms with van der Waals surface area (Å²) in [5, 5.41) is 1.63. The number of halogens is 4. The first-order valence-corrected chi connectivity index (χ1v) is 15.5. The fourth-order valence-corrected chi connectivity index (χ4v) is 7.59. The topological polar surface area (TPSA) is 103 Å². The Balaban J connectivity index is 1.50. The molecule has 2 aliphatic heterocycles. The lowest BCUT2D eigenvalue weighted by Crippen LogP contribution is -2.65. The van der Waals surface area contributed by atoms with E-state index in [4.69, 9.17) is 9.47 Å². The average Bonchev–Trinajstić information content (AvgIpc) is 3.50. The maximum absolute atomic E-state index is 15.9. The van der Waals surface area contributed by atoms with E-state index in [2.05, 4.69) is 9.72 Å². The van der Waals surface area contributed by atoms with E-state index in [0.29, 0.717) is 16.0 Å². The molecule has 3 atom stereocenters. The zero-order chi connectivity index (χ0) is 33.2. The number of pyridine rings is 1. The monoisotopic (exact) mass is 670 g/mol. The van der Waals surface area contributed by atoms with Crippen molar-refractivity contribution in [2.45, 2.75) is 37.9 Å². The van der Waals surface area contributed by atoms with Gasteiger partial charge in [0.1, 0.15) is 6.17 Å². The Hall–Kier alpha value is -4.92. The first-order chi connectivity index (χ1) is 22.5. The van der Waals surface area contributed by atoms with Crippen molar-refractivity contribution in [3.63, 3.8) is 0 Å². The fourth-order valence-electron chi connectivity index (χ4n) is 6.74. The maximum atomic E-state index is 15.9. The average molecular weight is 671 g/mol. The second kappa shape index (κ2) is 11.4. The summed E-state index contributed by atoms with van der Waals surface area (Å²) in [5.74, 6) is -7.59. The largest absolute Gasteiger partial charge is 0.510 e. The van der Waals surface area contributed by atoms with Gasteiger partial charge in [0.25, 0.3) is 5.91 Å². The number of carbonyl (C=O) groups excluding carboxylic acids is 2. The lowest BCUT2D eigenvalue weighted by molar-refractivity contribution is -0.0745. The molecular weight excluding hydrogens is 644 g/mol.